The summed E-state index contributed by atoms with van der Waals surface area (Å²) in [6.07, 6.45) is 6.35. The summed E-state index contributed by atoms with van der Waals surface area (Å²) in [6, 6.07) is 1.57. The smallest absolute Gasteiger partial charge is 0.251 e. The zero-order chi connectivity index (χ0) is 17.0. The molecule has 0 spiro atoms. The number of allylic oxidation sites excluding steroid dienone is 1. The van der Waals surface area contributed by atoms with Crippen LogP contribution < -0.4 is 5.56 Å². The molecule has 1 N–H and O–H groups in total. The molecule has 0 aliphatic heterocycles. The summed E-state index contributed by atoms with van der Waals surface area (Å²) in [4.78, 5) is 19.2. The fourth-order valence-electron chi connectivity index (χ4n) is 2.23. The average molecular weight is 315 g/mol. The molecule has 124 valence electrons. The molecule has 2 aromatic rings. The van der Waals surface area contributed by atoms with Crippen molar-refractivity contribution in [2.45, 2.75) is 59.4 Å². The largest absolute Gasteiger partial charge is 0.307 e. The van der Waals surface area contributed by atoms with Gasteiger partial charge in [0.15, 0.2) is 0 Å². The SMILES string of the molecule is CCCc1cc(=O)[nH]c(C(=Cc2cn(C(C)(C)C)nn2)CC)n1. The van der Waals surface area contributed by atoms with Crippen LogP contribution in [0.4, 0.5) is 0 Å². The number of H-pyrrole nitrogens is 1. The van der Waals surface area contributed by atoms with E-state index in [4.69, 9.17) is 0 Å². The van der Waals surface area contributed by atoms with Gasteiger partial charge in [-0.2, -0.15) is 0 Å². The van der Waals surface area contributed by atoms with Gasteiger partial charge in [-0.1, -0.05) is 25.5 Å². The van der Waals surface area contributed by atoms with Crippen LogP contribution in [0.2, 0.25) is 0 Å². The van der Waals surface area contributed by atoms with E-state index < -0.39 is 0 Å². The fraction of sp³-hybridized carbons (Fsp3) is 0.529. The van der Waals surface area contributed by atoms with Crippen molar-refractivity contribution in [3.63, 3.8) is 0 Å². The second-order valence-electron chi connectivity index (χ2n) is 6.62. The van der Waals surface area contributed by atoms with Gasteiger partial charge >= 0.3 is 0 Å². The van der Waals surface area contributed by atoms with Crippen molar-refractivity contribution >= 4 is 11.6 Å². The third kappa shape index (κ3) is 4.37. The first-order valence-electron chi connectivity index (χ1n) is 8.07. The zero-order valence-electron chi connectivity index (χ0n) is 14.6. The molecule has 0 aliphatic carbocycles. The van der Waals surface area contributed by atoms with Crippen LogP contribution in [0.15, 0.2) is 17.1 Å². The Morgan fingerprint density at radius 1 is 1.35 bits per heavy atom. The molecule has 23 heavy (non-hydrogen) atoms. The number of aromatic nitrogens is 5. The second kappa shape index (κ2) is 6.89. The van der Waals surface area contributed by atoms with Gasteiger partial charge in [0.2, 0.25) is 0 Å². The van der Waals surface area contributed by atoms with E-state index in [-0.39, 0.29) is 11.1 Å². The number of aromatic amines is 1. The lowest BCUT2D eigenvalue weighted by atomic mass is 10.1. The molecule has 0 radical (unpaired) electrons. The maximum Gasteiger partial charge on any atom is 0.251 e. The zero-order valence-corrected chi connectivity index (χ0v) is 14.6. The molecule has 6 nitrogen and oxygen atoms in total. The highest BCUT2D eigenvalue weighted by Crippen LogP contribution is 2.18. The molecular weight excluding hydrogens is 290 g/mol. The number of rotatable bonds is 5. The van der Waals surface area contributed by atoms with Gasteiger partial charge < -0.3 is 4.98 Å². The molecule has 0 bridgehead atoms. The highest BCUT2D eigenvalue weighted by molar-refractivity contribution is 5.76. The van der Waals surface area contributed by atoms with E-state index >= 15 is 0 Å². The molecule has 6 heteroatoms. The Morgan fingerprint density at radius 3 is 2.65 bits per heavy atom. The molecule has 0 amide bonds. The highest BCUT2D eigenvalue weighted by Gasteiger charge is 2.15. The minimum atomic E-state index is -0.115. The maximum absolute atomic E-state index is 11.8. The topological polar surface area (TPSA) is 76.5 Å². The van der Waals surface area contributed by atoms with Crippen LogP contribution in [0.25, 0.3) is 11.6 Å². The van der Waals surface area contributed by atoms with Gasteiger partial charge in [0.05, 0.1) is 11.7 Å². The van der Waals surface area contributed by atoms with Crippen molar-refractivity contribution < 1.29 is 0 Å². The molecule has 0 aromatic carbocycles. The third-order valence-corrected chi connectivity index (χ3v) is 3.51. The Labute approximate surface area is 136 Å². The first-order valence-corrected chi connectivity index (χ1v) is 8.07. The lowest BCUT2D eigenvalue weighted by molar-refractivity contribution is 0.347. The number of hydrogen-bond acceptors (Lipinski definition) is 4. The van der Waals surface area contributed by atoms with Gasteiger partial charge in [0.25, 0.3) is 5.56 Å². The van der Waals surface area contributed by atoms with Gasteiger partial charge in [0, 0.05) is 11.8 Å². The second-order valence-corrected chi connectivity index (χ2v) is 6.62. The normalized spacial score (nSPS) is 12.7. The van der Waals surface area contributed by atoms with E-state index in [1.54, 1.807) is 6.07 Å². The molecular formula is C17H25N5O. The number of aryl methyl sites for hydroxylation is 1. The predicted octanol–water partition coefficient (Wildman–Crippen LogP) is 3.02. The Bertz CT molecular complexity index is 749. The molecule has 2 aromatic heterocycles. The minimum Gasteiger partial charge on any atom is -0.307 e. The summed E-state index contributed by atoms with van der Waals surface area (Å²) in [5.74, 6) is 0.619. The van der Waals surface area contributed by atoms with Crippen molar-refractivity contribution in [1.82, 2.24) is 25.0 Å². The Hall–Kier alpha value is -2.24. The Kier molecular flexibility index (Phi) is 5.13. The lowest BCUT2D eigenvalue weighted by Gasteiger charge is -2.17. The van der Waals surface area contributed by atoms with Gasteiger partial charge in [0.1, 0.15) is 11.5 Å². The van der Waals surface area contributed by atoms with Crippen molar-refractivity contribution in [1.29, 1.82) is 0 Å². The van der Waals surface area contributed by atoms with Crippen molar-refractivity contribution in [2.24, 2.45) is 0 Å². The number of hydrogen-bond donors (Lipinski definition) is 1. The molecule has 0 saturated carbocycles. The predicted molar refractivity (Wildman–Crippen MR) is 92.0 cm³/mol. The molecule has 0 aliphatic rings. The lowest BCUT2D eigenvalue weighted by Crippen LogP contribution is -2.22. The van der Waals surface area contributed by atoms with Crippen molar-refractivity contribution in [3.05, 3.63) is 39.8 Å². The number of nitrogens with zero attached hydrogens (tertiary/aromatic N) is 4. The highest BCUT2D eigenvalue weighted by atomic mass is 16.1. The monoisotopic (exact) mass is 315 g/mol. The van der Waals surface area contributed by atoms with E-state index in [2.05, 4.69) is 48.0 Å². The van der Waals surface area contributed by atoms with Crippen LogP contribution in [-0.2, 0) is 12.0 Å². The Morgan fingerprint density at radius 2 is 2.09 bits per heavy atom. The van der Waals surface area contributed by atoms with Crippen LogP contribution >= 0.6 is 0 Å². The van der Waals surface area contributed by atoms with Crippen molar-refractivity contribution in [3.8, 4) is 0 Å². The third-order valence-electron chi connectivity index (χ3n) is 3.51. The molecule has 0 unspecified atom stereocenters. The summed E-state index contributed by atoms with van der Waals surface area (Å²) in [5.41, 5.74) is 2.31. The van der Waals surface area contributed by atoms with E-state index in [0.29, 0.717) is 5.82 Å². The van der Waals surface area contributed by atoms with Crippen LogP contribution in [0.3, 0.4) is 0 Å². The Balaban J connectivity index is 2.39. The average Bonchev–Trinajstić information content (AvgIpc) is 2.93. The molecule has 2 rings (SSSR count). The molecule has 0 fully saturated rings. The standard InChI is InChI=1S/C17H25N5O/c1-6-8-13-10-15(23)19-16(18-13)12(7-2)9-14-11-22(21-20-14)17(3,4)5/h9-11H,6-8H2,1-5H3,(H,18,19,23). The summed E-state index contributed by atoms with van der Waals surface area (Å²) in [7, 11) is 0. The first kappa shape index (κ1) is 17.1. The van der Waals surface area contributed by atoms with Gasteiger partial charge in [-0.15, -0.1) is 5.10 Å². The summed E-state index contributed by atoms with van der Waals surface area (Å²) in [6.45, 7) is 10.3. The quantitative estimate of drug-likeness (QED) is 0.920. The van der Waals surface area contributed by atoms with Gasteiger partial charge in [-0.25, -0.2) is 9.67 Å². The minimum absolute atomic E-state index is 0.112. The van der Waals surface area contributed by atoms with Crippen molar-refractivity contribution in [2.75, 3.05) is 0 Å². The molecule has 0 atom stereocenters. The van der Waals surface area contributed by atoms with Crippen LogP contribution in [0.1, 0.15) is 64.7 Å². The van der Waals surface area contributed by atoms with Gasteiger partial charge in [-0.3, -0.25) is 4.79 Å². The van der Waals surface area contributed by atoms with Crippen LogP contribution in [-0.4, -0.2) is 25.0 Å². The summed E-state index contributed by atoms with van der Waals surface area (Å²) < 4.78 is 1.83. The molecule has 0 saturated heterocycles. The summed E-state index contributed by atoms with van der Waals surface area (Å²) >= 11 is 0. The summed E-state index contributed by atoms with van der Waals surface area (Å²) in [5, 5.41) is 8.36. The molecule has 2 heterocycles. The van der Waals surface area contributed by atoms with Gasteiger partial charge in [-0.05, 0) is 45.3 Å². The van der Waals surface area contributed by atoms with E-state index in [1.165, 1.54) is 0 Å². The van der Waals surface area contributed by atoms with Crippen LogP contribution in [0, 0.1) is 0 Å². The van der Waals surface area contributed by atoms with E-state index in [1.807, 2.05) is 23.9 Å². The van der Waals surface area contributed by atoms with Crippen LogP contribution in [0.5, 0.6) is 0 Å². The first-order chi connectivity index (χ1) is 10.8. The van der Waals surface area contributed by atoms with E-state index in [0.717, 1.165) is 36.2 Å². The van der Waals surface area contributed by atoms with E-state index in [9.17, 15) is 4.79 Å². The fourth-order valence-corrected chi connectivity index (χ4v) is 2.23. The number of nitrogens with one attached hydrogen (secondary N) is 1. The maximum atomic E-state index is 11.8.